The molecule has 1 aromatic heterocycles. The third kappa shape index (κ3) is 3.38. The molecular formula is C14H9F6NO. The van der Waals surface area contributed by atoms with Crippen LogP contribution in [0.1, 0.15) is 17.0 Å². The summed E-state index contributed by atoms with van der Waals surface area (Å²) in [6.45, 7) is -0.764. The van der Waals surface area contributed by atoms with Crippen LogP contribution >= 0.6 is 0 Å². The molecule has 0 atom stereocenters. The molecule has 0 aliphatic heterocycles. The highest BCUT2D eigenvalue weighted by Crippen LogP contribution is 2.33. The first kappa shape index (κ1) is 16.3. The second kappa shape index (κ2) is 5.60. The molecule has 0 saturated heterocycles. The van der Waals surface area contributed by atoms with Crippen molar-refractivity contribution in [1.82, 2.24) is 4.98 Å². The van der Waals surface area contributed by atoms with Crippen molar-refractivity contribution in [3.8, 4) is 11.1 Å². The predicted octanol–water partition coefficient (Wildman–Crippen LogP) is 4.28. The smallest absolute Gasteiger partial charge is 0.390 e. The predicted molar refractivity (Wildman–Crippen MR) is 65.6 cm³/mol. The van der Waals surface area contributed by atoms with Gasteiger partial charge in [-0.3, -0.25) is 0 Å². The molecule has 1 aromatic carbocycles. The molecule has 8 heteroatoms. The molecule has 2 nitrogen and oxygen atoms in total. The molecule has 22 heavy (non-hydrogen) atoms. The molecule has 1 N–H and O–H groups in total. The van der Waals surface area contributed by atoms with E-state index >= 15 is 0 Å². The molecule has 2 aromatic rings. The molecule has 0 spiro atoms. The first-order valence-electron chi connectivity index (χ1n) is 5.98. The summed E-state index contributed by atoms with van der Waals surface area (Å²) in [5.41, 5.74) is -1.93. The van der Waals surface area contributed by atoms with Crippen LogP contribution in [0.5, 0.6) is 0 Å². The van der Waals surface area contributed by atoms with Crippen molar-refractivity contribution >= 4 is 0 Å². The van der Waals surface area contributed by atoms with Gasteiger partial charge in [0.25, 0.3) is 0 Å². The van der Waals surface area contributed by atoms with Crippen LogP contribution in [0.2, 0.25) is 0 Å². The molecule has 0 radical (unpaired) electrons. The van der Waals surface area contributed by atoms with Crippen LogP contribution in [-0.4, -0.2) is 10.1 Å². The number of aliphatic hydroxyl groups is 1. The number of hydrogen-bond acceptors (Lipinski definition) is 2. The normalized spacial score (nSPS) is 12.5. The number of alkyl halides is 6. The number of pyridine rings is 1. The topological polar surface area (TPSA) is 33.1 Å². The van der Waals surface area contributed by atoms with Crippen molar-refractivity contribution in [3.63, 3.8) is 0 Å². The van der Waals surface area contributed by atoms with Gasteiger partial charge in [-0.15, -0.1) is 0 Å². The molecule has 0 saturated carbocycles. The Kier molecular flexibility index (Phi) is 4.15. The van der Waals surface area contributed by atoms with Crippen LogP contribution in [0, 0.1) is 0 Å². The summed E-state index contributed by atoms with van der Waals surface area (Å²) in [6, 6.07) is 5.65. The first-order chi connectivity index (χ1) is 10.1. The van der Waals surface area contributed by atoms with Gasteiger partial charge in [0.1, 0.15) is 5.69 Å². The van der Waals surface area contributed by atoms with Gasteiger partial charge in [-0.1, -0.05) is 18.2 Å². The molecule has 0 bridgehead atoms. The zero-order valence-corrected chi connectivity index (χ0v) is 10.8. The van der Waals surface area contributed by atoms with Gasteiger partial charge in [0.05, 0.1) is 17.9 Å². The molecule has 1 heterocycles. The second-order valence-corrected chi connectivity index (χ2v) is 4.42. The highest BCUT2D eigenvalue weighted by molar-refractivity contribution is 5.66. The Morgan fingerprint density at radius 3 is 1.86 bits per heavy atom. The number of aliphatic hydroxyl groups excluding tert-OH is 1. The summed E-state index contributed by atoms with van der Waals surface area (Å²) >= 11 is 0. The van der Waals surface area contributed by atoms with E-state index in [1.165, 1.54) is 0 Å². The second-order valence-electron chi connectivity index (χ2n) is 4.42. The number of halogens is 6. The maximum absolute atomic E-state index is 12.6. The van der Waals surface area contributed by atoms with E-state index < -0.39 is 30.2 Å². The van der Waals surface area contributed by atoms with E-state index in [2.05, 4.69) is 4.98 Å². The molecular weight excluding hydrogens is 312 g/mol. The summed E-state index contributed by atoms with van der Waals surface area (Å²) in [5, 5.41) is 9.14. The zero-order chi connectivity index (χ0) is 16.5. The van der Waals surface area contributed by atoms with Gasteiger partial charge in [-0.2, -0.15) is 26.3 Å². The fourth-order valence-electron chi connectivity index (χ4n) is 1.88. The highest BCUT2D eigenvalue weighted by atomic mass is 19.4. The Labute approximate surface area is 121 Å². The molecule has 0 aliphatic rings. The molecule has 0 fully saturated rings. The Balaban J connectivity index is 2.44. The van der Waals surface area contributed by atoms with Gasteiger partial charge in [-0.25, -0.2) is 4.98 Å². The van der Waals surface area contributed by atoms with Crippen molar-refractivity contribution in [2.45, 2.75) is 19.0 Å². The van der Waals surface area contributed by atoms with Crippen LogP contribution < -0.4 is 0 Å². The van der Waals surface area contributed by atoms with E-state index in [1.54, 1.807) is 0 Å². The van der Waals surface area contributed by atoms with Crippen LogP contribution in [0.3, 0.4) is 0 Å². The number of aromatic nitrogens is 1. The SMILES string of the molecule is OCc1nc(C(F)(F)F)ccc1-c1ccc(C(F)(F)F)cc1. The summed E-state index contributed by atoms with van der Waals surface area (Å²) in [5.74, 6) is 0. The van der Waals surface area contributed by atoms with Crippen LogP contribution in [-0.2, 0) is 19.0 Å². The van der Waals surface area contributed by atoms with Crippen molar-refractivity contribution in [1.29, 1.82) is 0 Å². The summed E-state index contributed by atoms with van der Waals surface area (Å²) in [4.78, 5) is 3.31. The average molecular weight is 321 g/mol. The van der Waals surface area contributed by atoms with Gasteiger partial charge in [0, 0.05) is 5.56 Å². The monoisotopic (exact) mass is 321 g/mol. The summed E-state index contributed by atoms with van der Waals surface area (Å²) < 4.78 is 75.1. The molecule has 0 unspecified atom stereocenters. The summed E-state index contributed by atoms with van der Waals surface area (Å²) in [7, 11) is 0. The van der Waals surface area contributed by atoms with E-state index in [-0.39, 0.29) is 16.8 Å². The van der Waals surface area contributed by atoms with Crippen LogP contribution in [0.25, 0.3) is 11.1 Å². The van der Waals surface area contributed by atoms with Crippen LogP contribution in [0.15, 0.2) is 36.4 Å². The van der Waals surface area contributed by atoms with E-state index in [4.69, 9.17) is 5.11 Å². The first-order valence-corrected chi connectivity index (χ1v) is 5.98. The lowest BCUT2D eigenvalue weighted by molar-refractivity contribution is -0.141. The van der Waals surface area contributed by atoms with Crippen molar-refractivity contribution in [3.05, 3.63) is 53.3 Å². The maximum atomic E-state index is 12.6. The molecule has 2 rings (SSSR count). The maximum Gasteiger partial charge on any atom is 0.433 e. The fraction of sp³-hybridized carbons (Fsp3) is 0.214. The number of rotatable bonds is 2. The van der Waals surface area contributed by atoms with Crippen molar-refractivity contribution in [2.75, 3.05) is 0 Å². The largest absolute Gasteiger partial charge is 0.433 e. The van der Waals surface area contributed by atoms with Crippen molar-refractivity contribution < 1.29 is 31.4 Å². The Morgan fingerprint density at radius 2 is 1.41 bits per heavy atom. The molecule has 0 amide bonds. The minimum Gasteiger partial charge on any atom is -0.390 e. The lowest BCUT2D eigenvalue weighted by atomic mass is 10.0. The third-order valence-corrected chi connectivity index (χ3v) is 2.94. The lowest BCUT2D eigenvalue weighted by Gasteiger charge is -2.12. The fourth-order valence-corrected chi connectivity index (χ4v) is 1.88. The van der Waals surface area contributed by atoms with E-state index in [9.17, 15) is 26.3 Å². The third-order valence-electron chi connectivity index (χ3n) is 2.94. The summed E-state index contributed by atoms with van der Waals surface area (Å²) in [6.07, 6.45) is -9.17. The van der Waals surface area contributed by atoms with Gasteiger partial charge >= 0.3 is 12.4 Å². The van der Waals surface area contributed by atoms with Gasteiger partial charge < -0.3 is 5.11 Å². The highest BCUT2D eigenvalue weighted by Gasteiger charge is 2.33. The Morgan fingerprint density at radius 1 is 0.818 bits per heavy atom. The lowest BCUT2D eigenvalue weighted by Crippen LogP contribution is -2.10. The molecule has 118 valence electrons. The zero-order valence-electron chi connectivity index (χ0n) is 10.8. The quantitative estimate of drug-likeness (QED) is 0.838. The van der Waals surface area contributed by atoms with Crippen LogP contribution in [0.4, 0.5) is 26.3 Å². The molecule has 0 aliphatic carbocycles. The van der Waals surface area contributed by atoms with Gasteiger partial charge in [0.15, 0.2) is 0 Å². The van der Waals surface area contributed by atoms with E-state index in [0.29, 0.717) is 6.07 Å². The van der Waals surface area contributed by atoms with E-state index in [0.717, 1.165) is 30.3 Å². The Hall–Kier alpha value is -2.09. The number of hydrogen-bond donors (Lipinski definition) is 1. The average Bonchev–Trinajstić information content (AvgIpc) is 2.45. The minimum atomic E-state index is -4.66. The van der Waals surface area contributed by atoms with Gasteiger partial charge in [-0.05, 0) is 23.8 Å². The standard InChI is InChI=1S/C14H9F6NO/c15-13(16,17)9-3-1-8(2-4-9)10-5-6-12(14(18,19)20)21-11(10)7-22/h1-6,22H,7H2. The number of benzene rings is 1. The number of nitrogens with zero attached hydrogens (tertiary/aromatic N) is 1. The Bertz CT molecular complexity index is 661. The van der Waals surface area contributed by atoms with E-state index in [1.807, 2.05) is 0 Å². The minimum absolute atomic E-state index is 0.143. The van der Waals surface area contributed by atoms with Gasteiger partial charge in [0.2, 0.25) is 0 Å². The van der Waals surface area contributed by atoms with Crippen molar-refractivity contribution in [2.24, 2.45) is 0 Å².